The zero-order valence-corrected chi connectivity index (χ0v) is 11.7. The van der Waals surface area contributed by atoms with E-state index in [0.29, 0.717) is 12.4 Å². The van der Waals surface area contributed by atoms with E-state index in [4.69, 9.17) is 4.74 Å². The van der Waals surface area contributed by atoms with Gasteiger partial charge in [-0.25, -0.2) is 4.68 Å². The number of carbonyl (C=O) groups is 1. The highest BCUT2D eigenvalue weighted by molar-refractivity contribution is 5.91. The molecule has 0 saturated carbocycles. The summed E-state index contributed by atoms with van der Waals surface area (Å²) in [6.45, 7) is 4.01. The number of aryl methyl sites for hydroxylation is 2. The van der Waals surface area contributed by atoms with Crippen molar-refractivity contribution in [3.05, 3.63) is 35.2 Å². The second kappa shape index (κ2) is 4.63. The number of nitrogens with one attached hydrogen (secondary N) is 1. The Balaban J connectivity index is 2.10. The van der Waals surface area contributed by atoms with Crippen LogP contribution in [0.3, 0.4) is 0 Å². The summed E-state index contributed by atoms with van der Waals surface area (Å²) < 4.78 is 7.09. The number of methoxy groups -OCH3 is 1. The van der Waals surface area contributed by atoms with E-state index in [2.05, 4.69) is 21.5 Å². The van der Waals surface area contributed by atoms with Crippen molar-refractivity contribution in [2.24, 2.45) is 0 Å². The van der Waals surface area contributed by atoms with Crippen molar-refractivity contribution in [2.45, 2.75) is 26.3 Å². The molecule has 0 aliphatic carbocycles. The topological polar surface area (TPSA) is 69.0 Å². The van der Waals surface area contributed by atoms with Crippen LogP contribution < -0.4 is 10.1 Å². The predicted octanol–water partition coefficient (Wildman–Crippen LogP) is 1.84. The molecular weight excluding hydrogens is 256 g/mol. The maximum absolute atomic E-state index is 11.8. The Morgan fingerprint density at radius 1 is 1.35 bits per heavy atom. The fraction of sp³-hybridized carbons (Fsp3) is 0.357. The Morgan fingerprint density at radius 3 is 2.90 bits per heavy atom. The molecule has 1 aromatic carbocycles. The van der Waals surface area contributed by atoms with Gasteiger partial charge < -0.3 is 4.74 Å². The summed E-state index contributed by atoms with van der Waals surface area (Å²) in [5.74, 6) is 1.31. The van der Waals surface area contributed by atoms with Crippen LogP contribution in [-0.2, 0) is 4.79 Å². The van der Waals surface area contributed by atoms with Gasteiger partial charge in [0.1, 0.15) is 12.1 Å². The smallest absolute Gasteiger partial charge is 0.229 e. The average Bonchev–Trinajstić information content (AvgIpc) is 2.88. The van der Waals surface area contributed by atoms with Gasteiger partial charge in [-0.2, -0.15) is 10.1 Å². The van der Waals surface area contributed by atoms with Crippen LogP contribution in [0.2, 0.25) is 0 Å². The van der Waals surface area contributed by atoms with Crippen LogP contribution in [0.25, 0.3) is 0 Å². The Morgan fingerprint density at radius 2 is 2.15 bits per heavy atom. The zero-order valence-electron chi connectivity index (χ0n) is 11.7. The summed E-state index contributed by atoms with van der Waals surface area (Å²) in [4.78, 5) is 15.9. The summed E-state index contributed by atoms with van der Waals surface area (Å²) in [5.41, 5.74) is 3.19. The van der Waals surface area contributed by atoms with E-state index in [1.165, 1.54) is 6.33 Å². The molecule has 3 rings (SSSR count). The molecule has 104 valence electrons. The lowest BCUT2D eigenvalue weighted by Gasteiger charge is -2.25. The van der Waals surface area contributed by atoms with Gasteiger partial charge in [0.25, 0.3) is 0 Å². The monoisotopic (exact) mass is 272 g/mol. The number of benzene rings is 1. The molecule has 2 aromatic rings. The minimum Gasteiger partial charge on any atom is -0.496 e. The highest BCUT2D eigenvalue weighted by Crippen LogP contribution is 2.33. The van der Waals surface area contributed by atoms with E-state index in [1.54, 1.807) is 11.8 Å². The third kappa shape index (κ3) is 1.93. The Hall–Kier alpha value is -2.37. The van der Waals surface area contributed by atoms with Crippen molar-refractivity contribution in [3.8, 4) is 5.75 Å². The van der Waals surface area contributed by atoms with E-state index in [9.17, 15) is 4.79 Å². The van der Waals surface area contributed by atoms with Crippen molar-refractivity contribution in [2.75, 3.05) is 12.4 Å². The molecule has 0 spiro atoms. The highest BCUT2D eigenvalue weighted by atomic mass is 16.5. The minimum absolute atomic E-state index is 0.0385. The van der Waals surface area contributed by atoms with E-state index in [1.807, 2.05) is 19.9 Å². The molecule has 1 aliphatic heterocycles. The number of fused-ring (bicyclic) bond motifs is 1. The molecule has 1 aromatic heterocycles. The predicted molar refractivity (Wildman–Crippen MR) is 73.9 cm³/mol. The maximum Gasteiger partial charge on any atom is 0.229 e. The van der Waals surface area contributed by atoms with Gasteiger partial charge in [-0.1, -0.05) is 0 Å². The third-order valence-electron chi connectivity index (χ3n) is 3.64. The first kappa shape index (κ1) is 12.7. The molecule has 1 atom stereocenters. The van der Waals surface area contributed by atoms with Crippen LogP contribution in [0.15, 0.2) is 18.5 Å². The molecule has 20 heavy (non-hydrogen) atoms. The first-order chi connectivity index (χ1) is 9.60. The number of carbonyl (C=O) groups excluding carboxylic acids is 1. The lowest BCUT2D eigenvalue weighted by Crippen LogP contribution is -2.29. The molecule has 0 radical (unpaired) electrons. The molecule has 1 N–H and O–H groups in total. The highest BCUT2D eigenvalue weighted by Gasteiger charge is 2.29. The number of amides is 1. The Kier molecular flexibility index (Phi) is 2.93. The molecule has 6 heteroatoms. The van der Waals surface area contributed by atoms with E-state index < -0.39 is 0 Å². The lowest BCUT2D eigenvalue weighted by atomic mass is 9.95. The fourth-order valence-corrected chi connectivity index (χ4v) is 2.64. The van der Waals surface area contributed by atoms with Crippen LogP contribution in [-0.4, -0.2) is 27.8 Å². The summed E-state index contributed by atoms with van der Waals surface area (Å²) >= 11 is 0. The number of hydrogen-bond acceptors (Lipinski definition) is 4. The molecule has 0 bridgehead atoms. The fourth-order valence-electron chi connectivity index (χ4n) is 2.64. The van der Waals surface area contributed by atoms with Crippen molar-refractivity contribution < 1.29 is 9.53 Å². The van der Waals surface area contributed by atoms with Crippen molar-refractivity contribution >= 4 is 11.9 Å². The largest absolute Gasteiger partial charge is 0.496 e. The number of ether oxygens (including phenoxy) is 1. The summed E-state index contributed by atoms with van der Waals surface area (Å²) in [6.07, 6.45) is 1.82. The zero-order chi connectivity index (χ0) is 14.3. The quantitative estimate of drug-likeness (QED) is 0.905. The number of anilines is 1. The van der Waals surface area contributed by atoms with Gasteiger partial charge in [-0.3, -0.25) is 10.1 Å². The van der Waals surface area contributed by atoms with E-state index in [0.717, 1.165) is 22.4 Å². The number of rotatable bonds is 2. The molecule has 0 unspecified atom stereocenters. The molecule has 6 nitrogen and oxygen atoms in total. The third-order valence-corrected chi connectivity index (χ3v) is 3.64. The lowest BCUT2D eigenvalue weighted by molar-refractivity contribution is -0.117. The van der Waals surface area contributed by atoms with Gasteiger partial charge in [0.15, 0.2) is 0 Å². The maximum atomic E-state index is 11.8. The number of aromatic nitrogens is 3. The molecule has 2 heterocycles. The molecule has 1 aliphatic rings. The molecular formula is C14H16N4O2. The summed E-state index contributed by atoms with van der Waals surface area (Å²) in [5, 5.41) is 6.94. The van der Waals surface area contributed by atoms with Gasteiger partial charge in [0.2, 0.25) is 11.9 Å². The van der Waals surface area contributed by atoms with Gasteiger partial charge in [0.05, 0.1) is 19.6 Å². The van der Waals surface area contributed by atoms with Crippen LogP contribution in [0, 0.1) is 13.8 Å². The number of hydrogen-bond donors (Lipinski definition) is 1. The van der Waals surface area contributed by atoms with Gasteiger partial charge in [-0.15, -0.1) is 0 Å². The summed E-state index contributed by atoms with van der Waals surface area (Å²) in [6, 6.07) is 3.93. The number of nitrogens with zero attached hydrogens (tertiary/aromatic N) is 3. The SMILES string of the molecule is COc1cc(C)c([C@H]2CC(=O)Nc3ncnn32)cc1C. The molecule has 0 saturated heterocycles. The van der Waals surface area contributed by atoms with E-state index >= 15 is 0 Å². The van der Waals surface area contributed by atoms with Crippen LogP contribution in [0.5, 0.6) is 5.75 Å². The first-order valence-corrected chi connectivity index (χ1v) is 6.44. The van der Waals surface area contributed by atoms with Gasteiger partial charge in [0, 0.05) is 0 Å². The van der Waals surface area contributed by atoms with Crippen molar-refractivity contribution in [1.29, 1.82) is 0 Å². The Labute approximate surface area is 116 Å². The minimum atomic E-state index is -0.120. The van der Waals surface area contributed by atoms with E-state index in [-0.39, 0.29) is 11.9 Å². The van der Waals surface area contributed by atoms with Crippen molar-refractivity contribution in [1.82, 2.24) is 14.8 Å². The van der Waals surface area contributed by atoms with Crippen molar-refractivity contribution in [3.63, 3.8) is 0 Å². The van der Waals surface area contributed by atoms with Crippen LogP contribution in [0.4, 0.5) is 5.95 Å². The molecule has 0 fully saturated rings. The van der Waals surface area contributed by atoms with Gasteiger partial charge in [-0.05, 0) is 42.7 Å². The molecule has 1 amide bonds. The first-order valence-electron chi connectivity index (χ1n) is 6.44. The summed E-state index contributed by atoms with van der Waals surface area (Å²) in [7, 11) is 1.66. The average molecular weight is 272 g/mol. The van der Waals surface area contributed by atoms with Crippen LogP contribution >= 0.6 is 0 Å². The van der Waals surface area contributed by atoms with Gasteiger partial charge >= 0.3 is 0 Å². The van der Waals surface area contributed by atoms with Crippen LogP contribution in [0.1, 0.15) is 29.2 Å². The second-order valence-corrected chi connectivity index (χ2v) is 4.97. The Bertz CT molecular complexity index is 678. The second-order valence-electron chi connectivity index (χ2n) is 4.97. The standard InChI is InChI=1S/C14H16N4O2/c1-8-5-12(20-3)9(2)4-10(8)11-6-13(19)17-14-15-7-16-18(11)14/h4-5,7,11H,6H2,1-3H3,(H,15,16,17,19)/t11-/m1/s1. The normalized spacial score (nSPS) is 17.6.